The van der Waals surface area contributed by atoms with Crippen molar-refractivity contribution in [2.24, 2.45) is 11.8 Å². The van der Waals surface area contributed by atoms with Crippen molar-refractivity contribution in [2.75, 3.05) is 26.3 Å². The molecule has 2 aliphatic heterocycles. The van der Waals surface area contributed by atoms with Crippen LogP contribution in [0.1, 0.15) is 49.0 Å². The van der Waals surface area contributed by atoms with E-state index < -0.39 is 18.1 Å². The maximum atomic E-state index is 14.3. The SMILES string of the molecule is CCC(C)[C@@H]1C(=O)N[C@H](C2Cc3ccccc3C2)C(=O)N1C(C(=O)N1CCOCC1)c1coc(C)n1. The van der Waals surface area contributed by atoms with E-state index >= 15 is 0 Å². The number of oxazole rings is 1. The third-order valence-electron chi connectivity index (χ3n) is 7.88. The zero-order chi connectivity index (χ0) is 25.4. The number of aryl methyl sites for hydroxylation is 1. The van der Waals surface area contributed by atoms with E-state index in [1.807, 2.05) is 26.0 Å². The highest BCUT2D eigenvalue weighted by atomic mass is 16.5. The fourth-order valence-corrected chi connectivity index (χ4v) is 5.77. The molecule has 1 N–H and O–H groups in total. The van der Waals surface area contributed by atoms with Crippen LogP contribution in [0.3, 0.4) is 0 Å². The summed E-state index contributed by atoms with van der Waals surface area (Å²) < 4.78 is 10.9. The second-order valence-corrected chi connectivity index (χ2v) is 10.1. The van der Waals surface area contributed by atoms with Crippen molar-refractivity contribution in [3.05, 3.63) is 53.2 Å². The average molecular weight is 495 g/mol. The second-order valence-electron chi connectivity index (χ2n) is 10.1. The van der Waals surface area contributed by atoms with Gasteiger partial charge in [0.15, 0.2) is 11.9 Å². The number of rotatable bonds is 6. The number of morpholine rings is 1. The van der Waals surface area contributed by atoms with Crippen LogP contribution in [0, 0.1) is 18.8 Å². The van der Waals surface area contributed by atoms with Gasteiger partial charge in [0.25, 0.3) is 5.91 Å². The van der Waals surface area contributed by atoms with Gasteiger partial charge in [0, 0.05) is 20.0 Å². The maximum absolute atomic E-state index is 14.3. The van der Waals surface area contributed by atoms with Gasteiger partial charge in [0.2, 0.25) is 11.8 Å². The highest BCUT2D eigenvalue weighted by molar-refractivity contribution is 6.00. The van der Waals surface area contributed by atoms with Gasteiger partial charge >= 0.3 is 0 Å². The molecular weight excluding hydrogens is 460 g/mol. The molecular formula is C27H34N4O5. The van der Waals surface area contributed by atoms with Crippen LogP contribution in [0.5, 0.6) is 0 Å². The van der Waals surface area contributed by atoms with E-state index in [0.717, 1.165) is 0 Å². The minimum absolute atomic E-state index is 0.0718. The Labute approximate surface area is 211 Å². The molecule has 0 spiro atoms. The smallest absolute Gasteiger partial charge is 0.251 e. The summed E-state index contributed by atoms with van der Waals surface area (Å²) in [6, 6.07) is 5.62. The Hall–Kier alpha value is -3.20. The number of nitrogens with one attached hydrogen (secondary N) is 1. The minimum Gasteiger partial charge on any atom is -0.449 e. The van der Waals surface area contributed by atoms with Crippen LogP contribution in [0.2, 0.25) is 0 Å². The van der Waals surface area contributed by atoms with Crippen LogP contribution < -0.4 is 5.32 Å². The quantitative estimate of drug-likeness (QED) is 0.659. The molecule has 3 heterocycles. The number of fused-ring (bicyclic) bond motifs is 1. The monoisotopic (exact) mass is 494 g/mol. The lowest BCUT2D eigenvalue weighted by Crippen LogP contribution is -2.68. The fourth-order valence-electron chi connectivity index (χ4n) is 5.77. The van der Waals surface area contributed by atoms with E-state index in [1.54, 1.807) is 11.8 Å². The van der Waals surface area contributed by atoms with Crippen molar-refractivity contribution in [3.8, 4) is 0 Å². The lowest BCUT2D eigenvalue weighted by atomic mass is 9.86. The van der Waals surface area contributed by atoms with Crippen LogP contribution in [-0.4, -0.2) is 70.9 Å². The second kappa shape index (κ2) is 10.0. The maximum Gasteiger partial charge on any atom is 0.251 e. The first-order valence-electron chi connectivity index (χ1n) is 12.9. The van der Waals surface area contributed by atoms with E-state index in [-0.39, 0.29) is 29.6 Å². The zero-order valence-electron chi connectivity index (χ0n) is 21.1. The molecule has 192 valence electrons. The number of carbonyl (C=O) groups is 3. The normalized spacial score (nSPS) is 24.4. The molecule has 0 saturated carbocycles. The lowest BCUT2D eigenvalue weighted by molar-refractivity contribution is -0.163. The number of hydrogen-bond donors (Lipinski definition) is 1. The number of aromatic nitrogens is 1. The highest BCUT2D eigenvalue weighted by Gasteiger charge is 2.52. The van der Waals surface area contributed by atoms with Crippen molar-refractivity contribution in [1.29, 1.82) is 0 Å². The van der Waals surface area contributed by atoms with Gasteiger partial charge in [-0.3, -0.25) is 14.4 Å². The Morgan fingerprint density at radius 1 is 1.17 bits per heavy atom. The molecule has 0 radical (unpaired) electrons. The summed E-state index contributed by atoms with van der Waals surface area (Å²) in [5.41, 5.74) is 2.76. The van der Waals surface area contributed by atoms with Gasteiger partial charge in [-0.05, 0) is 35.8 Å². The van der Waals surface area contributed by atoms with Crippen LogP contribution in [0.25, 0.3) is 0 Å². The van der Waals surface area contributed by atoms with Gasteiger partial charge in [-0.1, -0.05) is 44.5 Å². The summed E-state index contributed by atoms with van der Waals surface area (Å²) in [6.07, 6.45) is 3.53. The van der Waals surface area contributed by atoms with E-state index in [4.69, 9.17) is 9.15 Å². The van der Waals surface area contributed by atoms with Gasteiger partial charge in [0.1, 0.15) is 24.0 Å². The predicted molar refractivity (Wildman–Crippen MR) is 131 cm³/mol. The summed E-state index contributed by atoms with van der Waals surface area (Å²) in [7, 11) is 0. The molecule has 1 aliphatic carbocycles. The van der Waals surface area contributed by atoms with Gasteiger partial charge in [-0.25, -0.2) is 4.98 Å². The highest BCUT2D eigenvalue weighted by Crippen LogP contribution is 2.36. The minimum atomic E-state index is -1.04. The Bertz CT molecular complexity index is 1120. The summed E-state index contributed by atoms with van der Waals surface area (Å²) in [6.45, 7) is 7.35. The van der Waals surface area contributed by atoms with E-state index in [1.165, 1.54) is 22.3 Å². The molecule has 2 aromatic rings. The topological polar surface area (TPSA) is 105 Å². The van der Waals surface area contributed by atoms with Crippen molar-refractivity contribution in [3.63, 3.8) is 0 Å². The first-order valence-corrected chi connectivity index (χ1v) is 12.9. The third kappa shape index (κ3) is 4.40. The van der Waals surface area contributed by atoms with Gasteiger partial charge in [-0.15, -0.1) is 0 Å². The number of piperazine rings is 1. The predicted octanol–water partition coefficient (Wildman–Crippen LogP) is 2.04. The first kappa shape index (κ1) is 24.5. The van der Waals surface area contributed by atoms with Crippen LogP contribution in [-0.2, 0) is 32.0 Å². The van der Waals surface area contributed by atoms with E-state index in [0.29, 0.717) is 57.2 Å². The Kier molecular flexibility index (Phi) is 6.83. The molecule has 1 aromatic carbocycles. The van der Waals surface area contributed by atoms with Gasteiger partial charge in [-0.2, -0.15) is 0 Å². The molecule has 2 saturated heterocycles. The lowest BCUT2D eigenvalue weighted by Gasteiger charge is -2.46. The average Bonchev–Trinajstić information content (AvgIpc) is 3.52. The summed E-state index contributed by atoms with van der Waals surface area (Å²) in [4.78, 5) is 49.6. The van der Waals surface area contributed by atoms with Crippen molar-refractivity contribution in [1.82, 2.24) is 20.1 Å². The van der Waals surface area contributed by atoms with Crippen LogP contribution in [0.15, 0.2) is 34.9 Å². The van der Waals surface area contributed by atoms with Gasteiger partial charge < -0.3 is 24.3 Å². The molecule has 36 heavy (non-hydrogen) atoms. The Balaban J connectivity index is 1.54. The van der Waals surface area contributed by atoms with Crippen molar-refractivity contribution < 1.29 is 23.5 Å². The molecule has 9 heteroatoms. The Morgan fingerprint density at radius 2 is 1.83 bits per heavy atom. The van der Waals surface area contributed by atoms with Crippen molar-refractivity contribution in [2.45, 2.75) is 58.2 Å². The molecule has 9 nitrogen and oxygen atoms in total. The number of hydrogen-bond acceptors (Lipinski definition) is 6. The number of benzene rings is 1. The number of amides is 3. The number of ether oxygens (including phenoxy) is 1. The molecule has 5 rings (SSSR count). The van der Waals surface area contributed by atoms with Crippen LogP contribution >= 0.6 is 0 Å². The molecule has 3 amide bonds. The standard InChI is InChI=1S/C27H34N4O5/c1-4-16(2)23-25(32)29-22(20-13-18-7-5-6-8-19(18)14-20)26(33)31(23)24(21-15-36-17(3)28-21)27(34)30-9-11-35-12-10-30/h5-8,15-16,20,22-24H,4,9-14H2,1-3H3,(H,29,32)/t16?,22-,23-,24?/m1/s1. The molecule has 0 bridgehead atoms. The van der Waals surface area contributed by atoms with Crippen molar-refractivity contribution >= 4 is 17.7 Å². The summed E-state index contributed by atoms with van der Waals surface area (Å²) >= 11 is 0. The summed E-state index contributed by atoms with van der Waals surface area (Å²) in [5.74, 6) is -0.520. The number of carbonyl (C=O) groups excluding carboxylic acids is 3. The Morgan fingerprint density at radius 3 is 2.42 bits per heavy atom. The summed E-state index contributed by atoms with van der Waals surface area (Å²) in [5, 5.41) is 3.05. The van der Waals surface area contributed by atoms with E-state index in [2.05, 4.69) is 22.4 Å². The molecule has 2 fully saturated rings. The fraction of sp³-hybridized carbons (Fsp3) is 0.556. The third-order valence-corrected chi connectivity index (χ3v) is 7.88. The molecule has 1 aromatic heterocycles. The molecule has 3 aliphatic rings. The zero-order valence-corrected chi connectivity index (χ0v) is 21.1. The van der Waals surface area contributed by atoms with Gasteiger partial charge in [0.05, 0.1) is 13.2 Å². The van der Waals surface area contributed by atoms with E-state index in [9.17, 15) is 14.4 Å². The number of nitrogens with zero attached hydrogens (tertiary/aromatic N) is 3. The largest absolute Gasteiger partial charge is 0.449 e. The molecule has 2 unspecified atom stereocenters. The first-order chi connectivity index (χ1) is 17.4. The van der Waals surface area contributed by atoms with Crippen LogP contribution in [0.4, 0.5) is 0 Å². The molecule has 4 atom stereocenters.